The zero-order valence-electron chi connectivity index (χ0n) is 24.5. The topological polar surface area (TPSA) is 68.4 Å². The second kappa shape index (κ2) is 14.5. The molecule has 0 aliphatic carbocycles. The third-order valence-electron chi connectivity index (χ3n) is 7.82. The van der Waals surface area contributed by atoms with E-state index in [1.807, 2.05) is 42.2 Å². The van der Waals surface area contributed by atoms with E-state index in [1.165, 1.54) is 34.7 Å². The van der Waals surface area contributed by atoms with Gasteiger partial charge in [-0.15, -0.1) is 0 Å². The van der Waals surface area contributed by atoms with E-state index in [0.29, 0.717) is 35.4 Å². The number of carbonyl (C=O) groups excluding carboxylic acids is 2. The number of anilines is 2. The lowest BCUT2D eigenvalue weighted by Gasteiger charge is -2.35. The molecule has 0 aromatic heterocycles. The fourth-order valence-electron chi connectivity index (χ4n) is 5.58. The van der Waals surface area contributed by atoms with Gasteiger partial charge in [-0.1, -0.05) is 30.3 Å². The average Bonchev–Trinajstić information content (AvgIpc) is 3.24. The summed E-state index contributed by atoms with van der Waals surface area (Å²) in [6.07, 6.45) is 0.737. The van der Waals surface area contributed by atoms with Crippen molar-refractivity contribution in [3.8, 4) is 5.75 Å². The minimum Gasteiger partial charge on any atom is -0.494 e. The van der Waals surface area contributed by atoms with Crippen molar-refractivity contribution in [3.63, 3.8) is 0 Å². The minimum atomic E-state index is -0.734. The van der Waals surface area contributed by atoms with E-state index in [2.05, 4.69) is 39.4 Å². The van der Waals surface area contributed by atoms with Crippen molar-refractivity contribution in [2.75, 3.05) is 56.1 Å². The molecule has 1 atom stereocenters. The zero-order valence-corrected chi connectivity index (χ0v) is 25.3. The van der Waals surface area contributed by atoms with Gasteiger partial charge in [0.25, 0.3) is 5.91 Å². The number of rotatable bonds is 12. The monoisotopic (exact) mass is 603 g/mol. The van der Waals surface area contributed by atoms with Gasteiger partial charge < -0.3 is 19.9 Å². The van der Waals surface area contributed by atoms with Crippen LogP contribution in [-0.4, -0.2) is 83.5 Å². The Balaban J connectivity index is 1.21. The Kier molecular flexibility index (Phi) is 10.3. The number of amides is 2. The van der Waals surface area contributed by atoms with Gasteiger partial charge in [0, 0.05) is 45.0 Å². The van der Waals surface area contributed by atoms with Gasteiger partial charge in [-0.05, 0) is 86.2 Å². The number of halogens is 1. The molecule has 0 spiro atoms. The van der Waals surface area contributed by atoms with Gasteiger partial charge in [0.1, 0.15) is 17.6 Å². The van der Waals surface area contributed by atoms with Crippen molar-refractivity contribution in [3.05, 3.63) is 90.2 Å². The Morgan fingerprint density at radius 1 is 0.930 bits per heavy atom. The first kappa shape index (κ1) is 30.6. The summed E-state index contributed by atoms with van der Waals surface area (Å²) in [5, 5.41) is 3.17. The van der Waals surface area contributed by atoms with Gasteiger partial charge in [-0.3, -0.25) is 19.4 Å². The first-order valence-corrected chi connectivity index (χ1v) is 15.2. The maximum Gasteiger partial charge on any atom is 0.256 e. The Bertz CT molecular complexity index is 1380. The molecule has 43 heavy (non-hydrogen) atoms. The average molecular weight is 604 g/mol. The third kappa shape index (κ3) is 7.95. The molecular weight excluding hydrogens is 565 g/mol. The number of piperazine rings is 1. The number of hydrogen-bond acceptors (Lipinski definition) is 6. The Morgan fingerprint density at radius 3 is 2.28 bits per heavy atom. The molecule has 2 aliphatic rings. The zero-order chi connectivity index (χ0) is 30.2. The van der Waals surface area contributed by atoms with Crippen molar-refractivity contribution in [1.29, 1.82) is 0 Å². The second-order valence-corrected chi connectivity index (χ2v) is 11.2. The molecule has 2 amide bonds. The number of carbonyl (C=O) groups is 2. The normalized spacial score (nSPS) is 17.9. The first-order chi connectivity index (χ1) is 20.9. The highest BCUT2D eigenvalue weighted by Crippen LogP contribution is 2.29. The fourth-order valence-corrected chi connectivity index (χ4v) is 6.00. The molecule has 2 aliphatic heterocycles. The molecule has 2 heterocycles. The summed E-state index contributed by atoms with van der Waals surface area (Å²) < 4.78 is 18.9. The quantitative estimate of drug-likeness (QED) is 0.300. The summed E-state index contributed by atoms with van der Waals surface area (Å²) in [5.74, 6) is -0.248. The number of nitrogens with one attached hydrogen (secondary N) is 1. The maximum absolute atomic E-state index is 13.7. The number of benzene rings is 3. The minimum absolute atomic E-state index is 0.0674. The van der Waals surface area contributed by atoms with Gasteiger partial charge >= 0.3 is 0 Å². The second-order valence-electron chi connectivity index (χ2n) is 10.8. The SMILES string of the molecule is CCOc1ccc(N2C(=O)[C@H](CC(=O)Nc3ccc(F)cc3)N(CCCN3CCN(Cc4ccccc4)CC3)C2=S)cc1. The molecule has 0 radical (unpaired) electrons. The summed E-state index contributed by atoms with van der Waals surface area (Å²) in [6, 6.07) is 22.6. The molecule has 0 saturated carbocycles. The van der Waals surface area contributed by atoms with Gasteiger partial charge in [0.15, 0.2) is 5.11 Å². The van der Waals surface area contributed by atoms with E-state index in [0.717, 1.165) is 45.7 Å². The van der Waals surface area contributed by atoms with Crippen LogP contribution in [0.2, 0.25) is 0 Å². The molecule has 3 aromatic rings. The smallest absolute Gasteiger partial charge is 0.256 e. The van der Waals surface area contributed by atoms with Crippen molar-refractivity contribution in [2.45, 2.75) is 32.4 Å². The van der Waals surface area contributed by atoms with E-state index < -0.39 is 6.04 Å². The van der Waals surface area contributed by atoms with Crippen molar-refractivity contribution >= 4 is 40.5 Å². The summed E-state index contributed by atoms with van der Waals surface area (Å²) >= 11 is 5.83. The van der Waals surface area contributed by atoms with Crippen LogP contribution in [0.5, 0.6) is 5.75 Å². The van der Waals surface area contributed by atoms with Crippen LogP contribution in [-0.2, 0) is 16.1 Å². The van der Waals surface area contributed by atoms with Crippen LogP contribution in [0.15, 0.2) is 78.9 Å². The molecule has 3 aromatic carbocycles. The van der Waals surface area contributed by atoms with E-state index in [1.54, 1.807) is 0 Å². The van der Waals surface area contributed by atoms with Crippen LogP contribution in [0.3, 0.4) is 0 Å². The number of nitrogens with zero attached hydrogens (tertiary/aromatic N) is 4. The van der Waals surface area contributed by atoms with E-state index in [4.69, 9.17) is 17.0 Å². The van der Waals surface area contributed by atoms with Gasteiger partial charge in [0.05, 0.1) is 18.7 Å². The maximum atomic E-state index is 13.7. The number of thiocarbonyl (C=S) groups is 1. The first-order valence-electron chi connectivity index (χ1n) is 14.8. The molecule has 2 saturated heterocycles. The molecule has 0 bridgehead atoms. The van der Waals surface area contributed by atoms with Gasteiger partial charge in [0.2, 0.25) is 5.91 Å². The molecule has 8 nitrogen and oxygen atoms in total. The van der Waals surface area contributed by atoms with Crippen LogP contribution in [0.1, 0.15) is 25.3 Å². The molecule has 226 valence electrons. The summed E-state index contributed by atoms with van der Waals surface area (Å²) in [5.41, 5.74) is 2.44. The molecule has 5 rings (SSSR count). The number of ether oxygens (including phenoxy) is 1. The van der Waals surface area contributed by atoms with Crippen LogP contribution in [0, 0.1) is 5.82 Å². The van der Waals surface area contributed by atoms with Gasteiger partial charge in [-0.2, -0.15) is 0 Å². The van der Waals surface area contributed by atoms with Crippen LogP contribution < -0.4 is 15.0 Å². The highest BCUT2D eigenvalue weighted by molar-refractivity contribution is 7.80. The van der Waals surface area contributed by atoms with E-state index >= 15 is 0 Å². The Hall–Kier alpha value is -3.86. The summed E-state index contributed by atoms with van der Waals surface area (Å²) in [6.45, 7) is 8.83. The summed E-state index contributed by atoms with van der Waals surface area (Å²) in [4.78, 5) is 35.1. The van der Waals surface area contributed by atoms with Crippen LogP contribution in [0.25, 0.3) is 0 Å². The summed E-state index contributed by atoms with van der Waals surface area (Å²) in [7, 11) is 0. The lowest BCUT2D eigenvalue weighted by molar-refractivity contribution is -0.124. The van der Waals surface area contributed by atoms with Crippen molar-refractivity contribution in [2.24, 2.45) is 0 Å². The lowest BCUT2D eigenvalue weighted by atomic mass is 10.1. The molecule has 2 fully saturated rings. The van der Waals surface area contributed by atoms with Crippen molar-refractivity contribution < 1.29 is 18.7 Å². The lowest BCUT2D eigenvalue weighted by Crippen LogP contribution is -2.47. The Labute approximate surface area is 258 Å². The van der Waals surface area contributed by atoms with Crippen LogP contribution in [0.4, 0.5) is 15.8 Å². The molecule has 10 heteroatoms. The Morgan fingerprint density at radius 2 is 1.60 bits per heavy atom. The van der Waals surface area contributed by atoms with Gasteiger partial charge in [-0.25, -0.2) is 4.39 Å². The number of hydrogen-bond donors (Lipinski definition) is 1. The van der Waals surface area contributed by atoms with E-state index in [9.17, 15) is 14.0 Å². The van der Waals surface area contributed by atoms with Crippen LogP contribution >= 0.6 is 12.2 Å². The highest BCUT2D eigenvalue weighted by Gasteiger charge is 2.44. The van der Waals surface area contributed by atoms with Crippen molar-refractivity contribution in [1.82, 2.24) is 14.7 Å². The molecular formula is C33H38FN5O3S. The predicted octanol–water partition coefficient (Wildman–Crippen LogP) is 4.76. The highest BCUT2D eigenvalue weighted by atomic mass is 32.1. The van der Waals surface area contributed by atoms with E-state index in [-0.39, 0.29) is 24.1 Å². The molecule has 1 N–H and O–H groups in total. The fraction of sp³-hybridized carbons (Fsp3) is 0.364. The molecule has 0 unspecified atom stereocenters. The largest absolute Gasteiger partial charge is 0.494 e. The standard InChI is InChI=1S/C33H38FN5O3S/c1-2-42-29-15-13-28(14-16-29)39-32(41)30(23-31(40)35-27-11-9-26(34)10-12-27)38(33(39)43)18-6-17-36-19-21-37(22-20-36)24-25-7-4-3-5-8-25/h3-5,7-16,30H,2,6,17-24H2,1H3,(H,35,40)/t30-/m0/s1. The predicted molar refractivity (Wildman–Crippen MR) is 171 cm³/mol. The third-order valence-corrected chi connectivity index (χ3v) is 8.24.